The van der Waals surface area contributed by atoms with E-state index in [0.717, 1.165) is 22.4 Å². The van der Waals surface area contributed by atoms with E-state index in [1.807, 2.05) is 19.9 Å². The number of hydrogen-bond donors (Lipinski definition) is 0. The van der Waals surface area contributed by atoms with Gasteiger partial charge < -0.3 is 9.47 Å². The molecular formula is C15H21ClO3. The Morgan fingerprint density at radius 2 is 2.05 bits per heavy atom. The molecule has 1 aromatic rings. The molecule has 4 heteroatoms. The van der Waals surface area contributed by atoms with Crippen molar-refractivity contribution in [2.24, 2.45) is 0 Å². The van der Waals surface area contributed by atoms with Gasteiger partial charge in [-0.2, -0.15) is 0 Å². The maximum absolute atomic E-state index is 11.4. The first-order chi connectivity index (χ1) is 8.99. The topological polar surface area (TPSA) is 35.5 Å². The third-order valence-electron chi connectivity index (χ3n) is 2.90. The molecule has 3 nitrogen and oxygen atoms in total. The molecule has 0 saturated heterocycles. The molecule has 0 saturated carbocycles. The standard InChI is InChI=1S/C15H21ClO3/c1-5-19-14(17)7-6-13(16)12-9-10(2)8-11(3)15(12)18-4/h8-9,13H,5-7H2,1-4H3. The van der Waals surface area contributed by atoms with Gasteiger partial charge in [0.25, 0.3) is 0 Å². The average Bonchev–Trinajstić information content (AvgIpc) is 2.35. The van der Waals surface area contributed by atoms with E-state index in [0.29, 0.717) is 19.4 Å². The monoisotopic (exact) mass is 284 g/mol. The number of methoxy groups -OCH3 is 1. The third kappa shape index (κ3) is 4.43. The Morgan fingerprint density at radius 1 is 1.37 bits per heavy atom. The Morgan fingerprint density at radius 3 is 2.63 bits per heavy atom. The molecule has 1 aromatic carbocycles. The summed E-state index contributed by atoms with van der Waals surface area (Å²) in [6, 6.07) is 4.06. The molecule has 0 aromatic heterocycles. The quantitative estimate of drug-likeness (QED) is 0.586. The zero-order valence-corrected chi connectivity index (χ0v) is 12.7. The summed E-state index contributed by atoms with van der Waals surface area (Å²) in [5.74, 6) is 0.589. The van der Waals surface area contributed by atoms with Gasteiger partial charge in [-0.1, -0.05) is 17.7 Å². The van der Waals surface area contributed by atoms with Gasteiger partial charge in [-0.15, -0.1) is 11.6 Å². The second kappa shape index (κ2) is 7.39. The van der Waals surface area contributed by atoms with E-state index in [4.69, 9.17) is 21.1 Å². The first-order valence-electron chi connectivity index (χ1n) is 6.44. The number of rotatable bonds is 6. The van der Waals surface area contributed by atoms with Crippen LogP contribution in [0.3, 0.4) is 0 Å². The number of benzene rings is 1. The molecule has 0 bridgehead atoms. The average molecular weight is 285 g/mol. The van der Waals surface area contributed by atoms with E-state index in [1.165, 1.54) is 0 Å². The van der Waals surface area contributed by atoms with Gasteiger partial charge in [0.05, 0.1) is 19.1 Å². The number of aryl methyl sites for hydroxylation is 2. The maximum Gasteiger partial charge on any atom is 0.305 e. The summed E-state index contributed by atoms with van der Waals surface area (Å²) in [6.45, 7) is 6.21. The highest BCUT2D eigenvalue weighted by atomic mass is 35.5. The van der Waals surface area contributed by atoms with E-state index in [-0.39, 0.29) is 11.3 Å². The van der Waals surface area contributed by atoms with Crippen molar-refractivity contribution in [3.63, 3.8) is 0 Å². The minimum atomic E-state index is -0.252. The minimum absolute atomic E-state index is 0.212. The van der Waals surface area contributed by atoms with Gasteiger partial charge in [0.15, 0.2) is 0 Å². The van der Waals surface area contributed by atoms with Crippen LogP contribution in [0.25, 0.3) is 0 Å². The van der Waals surface area contributed by atoms with Crippen molar-refractivity contribution < 1.29 is 14.3 Å². The van der Waals surface area contributed by atoms with Crippen LogP contribution in [-0.4, -0.2) is 19.7 Å². The molecule has 1 unspecified atom stereocenters. The fraction of sp³-hybridized carbons (Fsp3) is 0.533. The van der Waals surface area contributed by atoms with Crippen molar-refractivity contribution in [3.8, 4) is 5.75 Å². The van der Waals surface area contributed by atoms with Crippen molar-refractivity contribution in [2.75, 3.05) is 13.7 Å². The van der Waals surface area contributed by atoms with Crippen molar-refractivity contribution >= 4 is 17.6 Å². The van der Waals surface area contributed by atoms with Gasteiger partial charge in [-0.3, -0.25) is 4.79 Å². The summed E-state index contributed by atoms with van der Waals surface area (Å²) < 4.78 is 10.3. The number of carbonyl (C=O) groups is 1. The zero-order valence-electron chi connectivity index (χ0n) is 12.0. The van der Waals surface area contributed by atoms with Crippen LogP contribution in [0.15, 0.2) is 12.1 Å². The van der Waals surface area contributed by atoms with E-state index in [2.05, 4.69) is 6.07 Å². The van der Waals surface area contributed by atoms with E-state index < -0.39 is 0 Å². The summed E-state index contributed by atoms with van der Waals surface area (Å²) in [5.41, 5.74) is 3.13. The molecule has 0 heterocycles. The van der Waals surface area contributed by atoms with Crippen LogP contribution in [0.1, 0.15) is 41.8 Å². The van der Waals surface area contributed by atoms with Gasteiger partial charge in [0, 0.05) is 12.0 Å². The van der Waals surface area contributed by atoms with Crippen LogP contribution >= 0.6 is 11.6 Å². The number of hydrogen-bond acceptors (Lipinski definition) is 3. The fourth-order valence-corrected chi connectivity index (χ4v) is 2.40. The molecule has 19 heavy (non-hydrogen) atoms. The number of halogens is 1. The molecule has 0 aliphatic rings. The largest absolute Gasteiger partial charge is 0.496 e. The first-order valence-corrected chi connectivity index (χ1v) is 6.88. The second-order valence-electron chi connectivity index (χ2n) is 4.52. The van der Waals surface area contributed by atoms with Gasteiger partial charge in [0.2, 0.25) is 0 Å². The van der Waals surface area contributed by atoms with Crippen molar-refractivity contribution in [1.82, 2.24) is 0 Å². The molecule has 1 rings (SSSR count). The van der Waals surface area contributed by atoms with Crippen LogP contribution in [0.5, 0.6) is 5.75 Å². The Bertz CT molecular complexity index is 443. The lowest BCUT2D eigenvalue weighted by Crippen LogP contribution is -2.06. The van der Waals surface area contributed by atoms with Crippen LogP contribution in [0.2, 0.25) is 0 Å². The molecule has 0 aliphatic heterocycles. The van der Waals surface area contributed by atoms with Gasteiger partial charge in [-0.25, -0.2) is 0 Å². The summed E-state index contributed by atoms with van der Waals surface area (Å²) in [5, 5.41) is -0.252. The van der Waals surface area contributed by atoms with Crippen molar-refractivity contribution in [3.05, 3.63) is 28.8 Å². The second-order valence-corrected chi connectivity index (χ2v) is 5.04. The lowest BCUT2D eigenvalue weighted by molar-refractivity contribution is -0.143. The minimum Gasteiger partial charge on any atom is -0.496 e. The SMILES string of the molecule is CCOC(=O)CCC(Cl)c1cc(C)cc(C)c1OC. The molecule has 0 amide bonds. The number of ether oxygens (including phenoxy) is 2. The normalized spacial score (nSPS) is 12.1. The molecular weight excluding hydrogens is 264 g/mol. The molecule has 1 atom stereocenters. The van der Waals surface area contributed by atoms with Gasteiger partial charge >= 0.3 is 5.97 Å². The van der Waals surface area contributed by atoms with Crippen LogP contribution < -0.4 is 4.74 Å². The first kappa shape index (κ1) is 15.8. The third-order valence-corrected chi connectivity index (χ3v) is 3.35. The van der Waals surface area contributed by atoms with Gasteiger partial charge in [0.1, 0.15) is 5.75 Å². The lowest BCUT2D eigenvalue weighted by Gasteiger charge is -2.16. The van der Waals surface area contributed by atoms with Crippen LogP contribution in [0, 0.1) is 13.8 Å². The Kier molecular flexibility index (Phi) is 6.16. The summed E-state index contributed by atoms with van der Waals surface area (Å²) in [7, 11) is 1.64. The molecule has 0 spiro atoms. The summed E-state index contributed by atoms with van der Waals surface area (Å²) >= 11 is 6.39. The van der Waals surface area contributed by atoms with Crippen molar-refractivity contribution in [2.45, 2.75) is 39.0 Å². The number of esters is 1. The predicted octanol–water partition coefficient (Wildman–Crippen LogP) is 3.94. The Hall–Kier alpha value is -1.22. The maximum atomic E-state index is 11.4. The number of alkyl halides is 1. The molecule has 0 N–H and O–H groups in total. The molecule has 106 valence electrons. The van der Waals surface area contributed by atoms with E-state index >= 15 is 0 Å². The fourth-order valence-electron chi connectivity index (χ4n) is 2.13. The lowest BCUT2D eigenvalue weighted by atomic mass is 10.0. The van der Waals surface area contributed by atoms with Crippen molar-refractivity contribution in [1.29, 1.82) is 0 Å². The smallest absolute Gasteiger partial charge is 0.305 e. The number of carbonyl (C=O) groups excluding carboxylic acids is 1. The van der Waals surface area contributed by atoms with E-state index in [9.17, 15) is 4.79 Å². The highest BCUT2D eigenvalue weighted by Crippen LogP contribution is 2.36. The molecule has 0 aliphatic carbocycles. The van der Waals surface area contributed by atoms with Crippen LogP contribution in [-0.2, 0) is 9.53 Å². The summed E-state index contributed by atoms with van der Waals surface area (Å²) in [4.78, 5) is 11.4. The zero-order chi connectivity index (χ0) is 14.4. The highest BCUT2D eigenvalue weighted by molar-refractivity contribution is 6.21. The highest BCUT2D eigenvalue weighted by Gasteiger charge is 2.17. The van der Waals surface area contributed by atoms with E-state index in [1.54, 1.807) is 14.0 Å². The van der Waals surface area contributed by atoms with Gasteiger partial charge in [-0.05, 0) is 32.8 Å². The van der Waals surface area contributed by atoms with Crippen LogP contribution in [0.4, 0.5) is 0 Å². The predicted molar refractivity (Wildman–Crippen MR) is 76.9 cm³/mol. The molecule has 0 radical (unpaired) electrons. The summed E-state index contributed by atoms with van der Waals surface area (Å²) in [6.07, 6.45) is 0.859. The Labute approximate surface area is 119 Å². The molecule has 0 fully saturated rings. The Balaban J connectivity index is 2.81.